The second kappa shape index (κ2) is 11.7. The van der Waals surface area contributed by atoms with Crippen LogP contribution in [0.15, 0.2) is 65.1 Å². The molecule has 1 saturated carbocycles. The molecule has 41 heavy (non-hydrogen) atoms. The average molecular weight is 602 g/mol. The lowest BCUT2D eigenvalue weighted by Crippen LogP contribution is -2.52. The lowest BCUT2D eigenvalue weighted by atomic mass is 9.49. The van der Waals surface area contributed by atoms with Crippen molar-refractivity contribution in [1.29, 1.82) is 0 Å². The van der Waals surface area contributed by atoms with E-state index >= 15 is 0 Å². The molecule has 6 rings (SSSR count). The number of nitrogens with one attached hydrogen (secondary N) is 1. The van der Waals surface area contributed by atoms with E-state index in [1.54, 1.807) is 24.3 Å². The van der Waals surface area contributed by atoms with E-state index in [1.807, 2.05) is 4.90 Å². The van der Waals surface area contributed by atoms with Gasteiger partial charge in [0, 0.05) is 68.7 Å². The highest BCUT2D eigenvalue weighted by Crippen LogP contribution is 2.59. The van der Waals surface area contributed by atoms with E-state index in [2.05, 4.69) is 30.1 Å². The van der Waals surface area contributed by atoms with E-state index in [0.29, 0.717) is 68.4 Å². The Hall–Kier alpha value is -2.99. The summed E-state index contributed by atoms with van der Waals surface area (Å²) in [5, 5.41) is 14.5. The second-order valence-electron chi connectivity index (χ2n) is 11.7. The number of non-ortho nitro benzene ring substituents is 1. The number of urea groups is 1. The van der Waals surface area contributed by atoms with Gasteiger partial charge in [0.2, 0.25) is 10.0 Å². The molecule has 2 bridgehead atoms. The highest BCUT2D eigenvalue weighted by atomic mass is 35.5. The smallest absolute Gasteiger partial charge is 0.319 e. The van der Waals surface area contributed by atoms with Crippen LogP contribution in [0.4, 0.5) is 16.2 Å². The maximum atomic E-state index is 13.4. The number of anilines is 1. The molecule has 1 aliphatic heterocycles. The molecule has 2 fully saturated rings. The first-order chi connectivity index (χ1) is 19.4. The zero-order valence-electron chi connectivity index (χ0n) is 23.3. The van der Waals surface area contributed by atoms with E-state index < -0.39 is 14.9 Å². The number of nitro benzene ring substituents is 1. The van der Waals surface area contributed by atoms with Gasteiger partial charge in [0.1, 0.15) is 0 Å². The molecular weight excluding hydrogens is 566 g/mol. The molecule has 4 aliphatic rings. The number of carbonyl (C=O) groups is 1. The molecule has 3 aliphatic carbocycles. The summed E-state index contributed by atoms with van der Waals surface area (Å²) in [6, 6.07) is 11.8. The van der Waals surface area contributed by atoms with Gasteiger partial charge in [0.25, 0.3) is 5.69 Å². The van der Waals surface area contributed by atoms with Crippen LogP contribution in [-0.4, -0.2) is 79.3 Å². The number of hydrogen-bond acceptors (Lipinski definition) is 6. The Labute approximate surface area is 246 Å². The maximum Gasteiger partial charge on any atom is 0.322 e. The Morgan fingerprint density at radius 2 is 1.76 bits per heavy atom. The van der Waals surface area contributed by atoms with Crippen molar-refractivity contribution >= 4 is 39.0 Å². The molecule has 0 aromatic heterocycles. The summed E-state index contributed by atoms with van der Waals surface area (Å²) in [5.41, 5.74) is 2.11. The number of piperazine rings is 1. The fourth-order valence-electron chi connectivity index (χ4n) is 6.21. The zero-order chi connectivity index (χ0) is 29.4. The average Bonchev–Trinajstić information content (AvgIpc) is 2.96. The van der Waals surface area contributed by atoms with E-state index in [0.717, 1.165) is 6.42 Å². The van der Waals surface area contributed by atoms with Crippen molar-refractivity contribution in [3.63, 3.8) is 0 Å². The molecule has 0 radical (unpaired) electrons. The van der Waals surface area contributed by atoms with E-state index in [-0.39, 0.29) is 22.0 Å². The van der Waals surface area contributed by atoms with Gasteiger partial charge in [-0.3, -0.25) is 15.0 Å². The third-order valence-corrected chi connectivity index (χ3v) is 11.2. The molecule has 220 valence electrons. The minimum Gasteiger partial charge on any atom is -0.319 e. The molecule has 10 nitrogen and oxygen atoms in total. The fraction of sp³-hybridized carbons (Fsp3) is 0.483. The molecule has 12 heteroatoms. The summed E-state index contributed by atoms with van der Waals surface area (Å²) in [6.07, 6.45) is 4.54. The lowest BCUT2D eigenvalue weighted by Gasteiger charge is -2.57. The Morgan fingerprint density at radius 3 is 2.34 bits per heavy atom. The summed E-state index contributed by atoms with van der Waals surface area (Å²) in [5.74, 6) is 1.20. The summed E-state index contributed by atoms with van der Waals surface area (Å²) < 4.78 is 27.6. The number of carbonyl (C=O) groups excluding carboxylic acids is 1. The minimum atomic E-state index is -3.75. The number of fused-ring (bicyclic) bond motifs is 1. The minimum absolute atomic E-state index is 0.0449. The maximum absolute atomic E-state index is 13.4. The van der Waals surface area contributed by atoms with Crippen molar-refractivity contribution in [3.05, 3.63) is 75.3 Å². The number of halogens is 1. The van der Waals surface area contributed by atoms with Crippen LogP contribution in [0.5, 0.6) is 0 Å². The molecule has 2 amide bonds. The van der Waals surface area contributed by atoms with Crippen LogP contribution in [0.1, 0.15) is 26.7 Å². The van der Waals surface area contributed by atoms with Gasteiger partial charge in [-0.25, -0.2) is 13.2 Å². The van der Waals surface area contributed by atoms with Crippen molar-refractivity contribution in [2.75, 3.05) is 51.1 Å². The monoisotopic (exact) mass is 601 g/mol. The van der Waals surface area contributed by atoms with Crippen LogP contribution >= 0.6 is 11.6 Å². The molecule has 2 aromatic rings. The van der Waals surface area contributed by atoms with Crippen molar-refractivity contribution in [2.45, 2.75) is 31.6 Å². The van der Waals surface area contributed by atoms with E-state index in [1.165, 1.54) is 40.6 Å². The molecule has 1 heterocycles. The van der Waals surface area contributed by atoms with Crippen LogP contribution in [0.3, 0.4) is 0 Å². The fourth-order valence-corrected chi connectivity index (χ4v) is 7.76. The predicted octanol–water partition coefficient (Wildman–Crippen LogP) is 5.08. The lowest BCUT2D eigenvalue weighted by molar-refractivity contribution is -0.384. The summed E-state index contributed by atoms with van der Waals surface area (Å²) in [6.45, 7) is 7.99. The number of nitrogens with zero attached hydrogens (tertiary/aromatic N) is 4. The molecule has 2 atom stereocenters. The van der Waals surface area contributed by atoms with Crippen molar-refractivity contribution in [1.82, 2.24) is 14.1 Å². The first-order valence-corrected chi connectivity index (χ1v) is 15.7. The Morgan fingerprint density at radius 1 is 1.10 bits per heavy atom. The molecular formula is C29H36ClN5O5S. The van der Waals surface area contributed by atoms with Crippen LogP contribution in [0.2, 0.25) is 5.02 Å². The van der Waals surface area contributed by atoms with Crippen LogP contribution in [0, 0.1) is 27.4 Å². The van der Waals surface area contributed by atoms with E-state index in [4.69, 9.17) is 11.6 Å². The Bertz CT molecular complexity index is 1420. The summed E-state index contributed by atoms with van der Waals surface area (Å²) in [7, 11) is -3.75. The molecule has 2 aromatic carbocycles. The molecule has 1 saturated heterocycles. The highest BCUT2D eigenvalue weighted by Gasteiger charge is 2.51. The van der Waals surface area contributed by atoms with Gasteiger partial charge < -0.3 is 10.2 Å². The van der Waals surface area contributed by atoms with Crippen LogP contribution < -0.4 is 5.32 Å². The number of rotatable bonds is 9. The van der Waals surface area contributed by atoms with Crippen LogP contribution in [0.25, 0.3) is 0 Å². The largest absolute Gasteiger partial charge is 0.322 e. The molecule has 2 unspecified atom stereocenters. The standard InChI is InChI=1S/C29H36ClN5O5S/c1-29(2)22-4-3-21(27(29)19-22)20-33(28(36)31-24-7-5-23(30)6-8-24)16-13-32-14-17-34(18-15-32)41(39,40)26-11-9-25(10-12-26)35(37)38/h3,5-12,22,27H,4,13-20H2,1-2H3,(H,31,36). The number of amides is 2. The van der Waals surface area contributed by atoms with E-state index in [9.17, 15) is 23.3 Å². The van der Waals surface area contributed by atoms with Crippen LogP contribution in [-0.2, 0) is 10.0 Å². The van der Waals surface area contributed by atoms with Crippen molar-refractivity contribution < 1.29 is 18.1 Å². The second-order valence-corrected chi connectivity index (χ2v) is 14.1. The number of benzene rings is 2. The number of allylic oxidation sites excluding steroid dienone is 1. The van der Waals surface area contributed by atoms with Gasteiger partial charge in [-0.1, -0.05) is 37.1 Å². The third-order valence-electron chi connectivity index (χ3n) is 9.04. The number of hydrogen-bond donors (Lipinski definition) is 1. The first kappa shape index (κ1) is 29.5. The normalized spacial score (nSPS) is 22.4. The molecule has 1 N–H and O–H groups in total. The molecule has 0 spiro atoms. The Kier molecular flexibility index (Phi) is 8.43. The van der Waals surface area contributed by atoms with Gasteiger partial charge in [-0.15, -0.1) is 0 Å². The number of sulfonamides is 1. The van der Waals surface area contributed by atoms with Gasteiger partial charge in [-0.05, 0) is 66.5 Å². The summed E-state index contributed by atoms with van der Waals surface area (Å²) in [4.78, 5) is 27.9. The predicted molar refractivity (Wildman–Crippen MR) is 158 cm³/mol. The van der Waals surface area contributed by atoms with Gasteiger partial charge in [-0.2, -0.15) is 4.31 Å². The SMILES string of the molecule is CC1(C)C2CC=C(CN(CCN3CCN(S(=O)(=O)c4ccc([N+](=O)[O-])cc4)CC3)C(=O)Nc3ccc(Cl)cc3)C1C2. The third kappa shape index (κ3) is 6.28. The van der Waals surface area contributed by atoms with Gasteiger partial charge in [0.15, 0.2) is 0 Å². The quantitative estimate of drug-likeness (QED) is 0.243. The van der Waals surface area contributed by atoms with Gasteiger partial charge >= 0.3 is 6.03 Å². The highest BCUT2D eigenvalue weighted by molar-refractivity contribution is 7.89. The number of nitro groups is 1. The van der Waals surface area contributed by atoms with Crippen molar-refractivity contribution in [3.8, 4) is 0 Å². The topological polar surface area (TPSA) is 116 Å². The first-order valence-electron chi connectivity index (χ1n) is 13.9. The van der Waals surface area contributed by atoms with Crippen molar-refractivity contribution in [2.24, 2.45) is 17.3 Å². The Balaban J connectivity index is 1.21. The van der Waals surface area contributed by atoms with Gasteiger partial charge in [0.05, 0.1) is 9.82 Å². The zero-order valence-corrected chi connectivity index (χ0v) is 24.9. The summed E-state index contributed by atoms with van der Waals surface area (Å²) >= 11 is 6.01.